The summed E-state index contributed by atoms with van der Waals surface area (Å²) in [5.41, 5.74) is 0. The Balaban J connectivity index is 1.89. The topological polar surface area (TPSA) is 41.1 Å². The molecule has 2 aliphatic rings. The predicted molar refractivity (Wildman–Crippen MR) is 46.8 cm³/mol. The van der Waals surface area contributed by atoms with Crippen molar-refractivity contribution in [2.24, 2.45) is 5.92 Å². The molecule has 68 valence electrons. The number of amides is 1. The van der Waals surface area contributed by atoms with Gasteiger partial charge in [0, 0.05) is 12.6 Å². The molecule has 0 spiro atoms. The molecule has 0 unspecified atom stereocenters. The molecule has 1 heterocycles. The Kier molecular flexibility index (Phi) is 2.30. The Morgan fingerprint density at radius 2 is 2.00 bits per heavy atom. The van der Waals surface area contributed by atoms with Crippen LogP contribution in [0, 0.1) is 5.92 Å². The highest BCUT2D eigenvalue weighted by Crippen LogP contribution is 2.27. The number of carbonyl (C=O) groups is 1. The van der Waals surface area contributed by atoms with Gasteiger partial charge in [-0.1, -0.05) is 12.8 Å². The van der Waals surface area contributed by atoms with Gasteiger partial charge in [0.05, 0.1) is 6.54 Å². The lowest BCUT2D eigenvalue weighted by Gasteiger charge is -2.28. The summed E-state index contributed by atoms with van der Waals surface area (Å²) in [6, 6.07) is 0.411. The van der Waals surface area contributed by atoms with Crippen molar-refractivity contribution in [2.45, 2.75) is 31.7 Å². The van der Waals surface area contributed by atoms with Crippen LogP contribution in [0.2, 0.25) is 0 Å². The average Bonchev–Trinajstić information content (AvgIpc) is 2.56. The third-order valence-corrected chi connectivity index (χ3v) is 2.97. The molecule has 2 fully saturated rings. The van der Waals surface area contributed by atoms with E-state index < -0.39 is 0 Å². The molecule has 1 saturated heterocycles. The second kappa shape index (κ2) is 3.44. The van der Waals surface area contributed by atoms with Crippen LogP contribution < -0.4 is 10.6 Å². The predicted octanol–water partition coefficient (Wildman–Crippen LogP) is 0.265. The molecule has 3 nitrogen and oxygen atoms in total. The van der Waals surface area contributed by atoms with Crippen molar-refractivity contribution >= 4 is 5.91 Å². The molecule has 0 aromatic rings. The van der Waals surface area contributed by atoms with Crippen LogP contribution in [0.5, 0.6) is 0 Å². The largest absolute Gasteiger partial charge is 0.351 e. The summed E-state index contributed by atoms with van der Waals surface area (Å²) in [5, 5.41) is 6.21. The quantitative estimate of drug-likeness (QED) is 0.590. The van der Waals surface area contributed by atoms with Crippen molar-refractivity contribution in [1.29, 1.82) is 0 Å². The van der Waals surface area contributed by atoms with E-state index in [4.69, 9.17) is 0 Å². The maximum absolute atomic E-state index is 11.1. The second-order valence-corrected chi connectivity index (χ2v) is 3.85. The van der Waals surface area contributed by atoms with E-state index in [9.17, 15) is 4.79 Å². The molecule has 1 aliphatic heterocycles. The first-order valence-corrected chi connectivity index (χ1v) is 4.86. The van der Waals surface area contributed by atoms with Crippen LogP contribution in [0.1, 0.15) is 25.7 Å². The lowest BCUT2D eigenvalue weighted by atomic mass is 9.97. The van der Waals surface area contributed by atoms with E-state index in [-0.39, 0.29) is 5.91 Å². The molecular formula is C9H16N2O. The van der Waals surface area contributed by atoms with Crippen molar-refractivity contribution in [3.8, 4) is 0 Å². The number of nitrogens with one attached hydrogen (secondary N) is 2. The van der Waals surface area contributed by atoms with Crippen molar-refractivity contribution < 1.29 is 4.79 Å². The van der Waals surface area contributed by atoms with Crippen molar-refractivity contribution in [3.63, 3.8) is 0 Å². The first kappa shape index (κ1) is 8.05. The van der Waals surface area contributed by atoms with Crippen molar-refractivity contribution in [3.05, 3.63) is 0 Å². The molecule has 0 aromatic carbocycles. The lowest BCUT2D eigenvalue weighted by Crippen LogP contribution is -2.54. The smallest absolute Gasteiger partial charge is 0.234 e. The number of rotatable bonds is 1. The molecule has 2 rings (SSSR count). The SMILES string of the molecule is O=C1CNC[C@@H](C2CCCC2)N1. The van der Waals surface area contributed by atoms with Crippen LogP contribution >= 0.6 is 0 Å². The molecule has 1 amide bonds. The van der Waals surface area contributed by atoms with Crippen LogP contribution in [-0.2, 0) is 4.79 Å². The highest BCUT2D eigenvalue weighted by Gasteiger charge is 2.28. The number of piperazine rings is 1. The summed E-state index contributed by atoms with van der Waals surface area (Å²) in [7, 11) is 0. The minimum Gasteiger partial charge on any atom is -0.351 e. The summed E-state index contributed by atoms with van der Waals surface area (Å²) in [6.45, 7) is 1.47. The van der Waals surface area contributed by atoms with Crippen molar-refractivity contribution in [1.82, 2.24) is 10.6 Å². The molecular weight excluding hydrogens is 152 g/mol. The fourth-order valence-electron chi connectivity index (χ4n) is 2.29. The number of carbonyl (C=O) groups excluding carboxylic acids is 1. The minimum atomic E-state index is 0.165. The van der Waals surface area contributed by atoms with Crippen molar-refractivity contribution in [2.75, 3.05) is 13.1 Å². The van der Waals surface area contributed by atoms with Gasteiger partial charge in [-0.05, 0) is 18.8 Å². The molecule has 0 radical (unpaired) electrons. The van der Waals surface area contributed by atoms with Gasteiger partial charge < -0.3 is 10.6 Å². The van der Waals surface area contributed by atoms with Gasteiger partial charge >= 0.3 is 0 Å². The summed E-state index contributed by atoms with van der Waals surface area (Å²) >= 11 is 0. The molecule has 2 N–H and O–H groups in total. The number of hydrogen-bond acceptors (Lipinski definition) is 2. The van der Waals surface area contributed by atoms with Gasteiger partial charge in [0.1, 0.15) is 0 Å². The standard InChI is InChI=1S/C9H16N2O/c12-9-6-10-5-8(11-9)7-3-1-2-4-7/h7-8,10H,1-6H2,(H,11,12)/t8-/m0/s1. The van der Waals surface area contributed by atoms with Gasteiger partial charge in [-0.2, -0.15) is 0 Å². The van der Waals surface area contributed by atoms with E-state index in [2.05, 4.69) is 10.6 Å². The van der Waals surface area contributed by atoms with E-state index in [0.29, 0.717) is 12.6 Å². The molecule has 0 aromatic heterocycles. The Hall–Kier alpha value is -0.570. The Morgan fingerprint density at radius 1 is 1.25 bits per heavy atom. The molecule has 0 bridgehead atoms. The van der Waals surface area contributed by atoms with E-state index >= 15 is 0 Å². The van der Waals surface area contributed by atoms with Gasteiger partial charge in [0.2, 0.25) is 5.91 Å². The Morgan fingerprint density at radius 3 is 2.67 bits per heavy atom. The first-order valence-electron chi connectivity index (χ1n) is 4.86. The van der Waals surface area contributed by atoms with Gasteiger partial charge in [-0.3, -0.25) is 4.79 Å². The summed E-state index contributed by atoms with van der Waals surface area (Å²) in [4.78, 5) is 11.1. The van der Waals surface area contributed by atoms with E-state index in [1.165, 1.54) is 25.7 Å². The van der Waals surface area contributed by atoms with Gasteiger partial charge in [-0.25, -0.2) is 0 Å². The normalized spacial score (nSPS) is 32.0. The third-order valence-electron chi connectivity index (χ3n) is 2.97. The summed E-state index contributed by atoms with van der Waals surface area (Å²) in [6.07, 6.45) is 5.29. The highest BCUT2D eigenvalue weighted by molar-refractivity contribution is 5.79. The average molecular weight is 168 g/mol. The maximum Gasteiger partial charge on any atom is 0.234 e. The van der Waals surface area contributed by atoms with Crippen LogP contribution in [0.25, 0.3) is 0 Å². The van der Waals surface area contributed by atoms with Crippen LogP contribution in [0.3, 0.4) is 0 Å². The molecule has 12 heavy (non-hydrogen) atoms. The Labute approximate surface area is 72.9 Å². The fraction of sp³-hybridized carbons (Fsp3) is 0.889. The van der Waals surface area contributed by atoms with E-state index in [0.717, 1.165) is 12.5 Å². The molecule has 1 aliphatic carbocycles. The third kappa shape index (κ3) is 1.61. The molecule has 3 heteroatoms. The lowest BCUT2D eigenvalue weighted by molar-refractivity contribution is -0.122. The van der Waals surface area contributed by atoms with Gasteiger partial charge in [0.25, 0.3) is 0 Å². The minimum absolute atomic E-state index is 0.165. The van der Waals surface area contributed by atoms with Crippen LogP contribution in [-0.4, -0.2) is 25.0 Å². The van der Waals surface area contributed by atoms with Crippen LogP contribution in [0.4, 0.5) is 0 Å². The summed E-state index contributed by atoms with van der Waals surface area (Å²) < 4.78 is 0. The zero-order valence-electron chi connectivity index (χ0n) is 7.31. The summed E-state index contributed by atoms with van der Waals surface area (Å²) in [5.74, 6) is 0.903. The van der Waals surface area contributed by atoms with E-state index in [1.807, 2.05) is 0 Å². The van der Waals surface area contributed by atoms with E-state index in [1.54, 1.807) is 0 Å². The monoisotopic (exact) mass is 168 g/mol. The van der Waals surface area contributed by atoms with Gasteiger partial charge in [0.15, 0.2) is 0 Å². The molecule has 1 saturated carbocycles. The molecule has 1 atom stereocenters. The van der Waals surface area contributed by atoms with Crippen LogP contribution in [0.15, 0.2) is 0 Å². The maximum atomic E-state index is 11.1. The number of hydrogen-bond donors (Lipinski definition) is 2. The van der Waals surface area contributed by atoms with Gasteiger partial charge in [-0.15, -0.1) is 0 Å². The Bertz CT molecular complexity index is 175. The zero-order valence-corrected chi connectivity index (χ0v) is 7.31. The zero-order chi connectivity index (χ0) is 8.39. The highest BCUT2D eigenvalue weighted by atomic mass is 16.2. The first-order chi connectivity index (χ1) is 5.86. The second-order valence-electron chi connectivity index (χ2n) is 3.85. The fourth-order valence-corrected chi connectivity index (χ4v) is 2.29.